The quantitative estimate of drug-likeness (QED) is 0.766. The second-order valence-electron chi connectivity index (χ2n) is 6.71. The van der Waals surface area contributed by atoms with Crippen molar-refractivity contribution in [3.8, 4) is 0 Å². The molecule has 1 saturated carbocycles. The zero-order valence-corrected chi connectivity index (χ0v) is 14.0. The van der Waals surface area contributed by atoms with Crippen molar-refractivity contribution in [2.75, 3.05) is 0 Å². The summed E-state index contributed by atoms with van der Waals surface area (Å²) in [5, 5.41) is 1.52. The molecule has 2 rings (SSSR count). The summed E-state index contributed by atoms with van der Waals surface area (Å²) in [4.78, 5) is 0. The van der Waals surface area contributed by atoms with Gasteiger partial charge >= 0.3 is 0 Å². The van der Waals surface area contributed by atoms with E-state index in [0.29, 0.717) is 11.3 Å². The summed E-state index contributed by atoms with van der Waals surface area (Å²) in [6.45, 7) is 4.58. The van der Waals surface area contributed by atoms with Gasteiger partial charge in [-0.25, -0.2) is 0 Å². The summed E-state index contributed by atoms with van der Waals surface area (Å²) in [7, 11) is 0. The van der Waals surface area contributed by atoms with Crippen LogP contribution in [0.15, 0.2) is 18.2 Å². The molecule has 1 fully saturated rings. The monoisotopic (exact) mass is 313 g/mol. The van der Waals surface area contributed by atoms with E-state index in [0.717, 1.165) is 22.0 Å². The van der Waals surface area contributed by atoms with Crippen molar-refractivity contribution in [3.63, 3.8) is 0 Å². The van der Waals surface area contributed by atoms with E-state index in [4.69, 9.17) is 28.9 Å². The maximum absolute atomic E-state index is 6.61. The van der Waals surface area contributed by atoms with Crippen LogP contribution >= 0.6 is 23.2 Å². The second kappa shape index (κ2) is 6.68. The fourth-order valence-electron chi connectivity index (χ4n) is 3.77. The molecule has 0 aliphatic heterocycles. The smallest absolute Gasteiger partial charge is 0.0439 e. The van der Waals surface area contributed by atoms with Gasteiger partial charge in [-0.3, -0.25) is 0 Å². The average molecular weight is 314 g/mol. The number of nitrogens with two attached hydrogens (primary N) is 1. The third-order valence-electron chi connectivity index (χ3n) is 4.65. The van der Waals surface area contributed by atoms with Gasteiger partial charge in [0.15, 0.2) is 0 Å². The molecular weight excluding hydrogens is 289 g/mol. The first-order chi connectivity index (χ1) is 9.43. The minimum absolute atomic E-state index is 0.170. The molecule has 0 heterocycles. The molecule has 1 nitrogen and oxygen atoms in total. The molecule has 2 N–H and O–H groups in total. The fraction of sp³-hybridized carbons (Fsp3) is 0.647. The van der Waals surface area contributed by atoms with Gasteiger partial charge in [0.25, 0.3) is 0 Å². The lowest BCUT2D eigenvalue weighted by Crippen LogP contribution is -2.42. The summed E-state index contributed by atoms with van der Waals surface area (Å²) < 4.78 is 0. The second-order valence-corrected chi connectivity index (χ2v) is 7.56. The van der Waals surface area contributed by atoms with E-state index in [9.17, 15) is 0 Å². The summed E-state index contributed by atoms with van der Waals surface area (Å²) in [5.41, 5.74) is 7.99. The molecule has 1 aliphatic carbocycles. The van der Waals surface area contributed by atoms with E-state index in [1.807, 2.05) is 18.2 Å². The van der Waals surface area contributed by atoms with Gasteiger partial charge in [-0.1, -0.05) is 49.9 Å². The zero-order valence-electron chi connectivity index (χ0n) is 12.5. The summed E-state index contributed by atoms with van der Waals surface area (Å²) in [6.07, 6.45) is 7.17. The Labute approximate surface area is 132 Å². The van der Waals surface area contributed by atoms with Crippen LogP contribution in [0.5, 0.6) is 0 Å². The minimum Gasteiger partial charge on any atom is -0.327 e. The van der Waals surface area contributed by atoms with Crippen LogP contribution < -0.4 is 5.73 Å². The Bertz CT molecular complexity index is 450. The van der Waals surface area contributed by atoms with Crippen LogP contribution in [-0.2, 0) is 6.42 Å². The summed E-state index contributed by atoms with van der Waals surface area (Å²) in [5.74, 6) is 0.689. The first-order valence-electron chi connectivity index (χ1n) is 7.62. The average Bonchev–Trinajstić information content (AvgIpc) is 2.82. The van der Waals surface area contributed by atoms with Crippen LogP contribution in [0.3, 0.4) is 0 Å². The van der Waals surface area contributed by atoms with E-state index in [-0.39, 0.29) is 6.04 Å². The molecule has 0 spiro atoms. The topological polar surface area (TPSA) is 26.0 Å². The van der Waals surface area contributed by atoms with Crippen molar-refractivity contribution < 1.29 is 0 Å². The molecule has 3 heteroatoms. The van der Waals surface area contributed by atoms with Gasteiger partial charge in [-0.05, 0) is 60.8 Å². The van der Waals surface area contributed by atoms with Crippen LogP contribution in [0.4, 0.5) is 0 Å². The third kappa shape index (κ3) is 3.69. The fourth-order valence-corrected chi connectivity index (χ4v) is 4.16. The Kier molecular flexibility index (Phi) is 5.39. The highest BCUT2D eigenvalue weighted by molar-refractivity contribution is 6.33. The van der Waals surface area contributed by atoms with Crippen LogP contribution in [0.25, 0.3) is 0 Å². The highest BCUT2D eigenvalue weighted by Crippen LogP contribution is 2.46. The zero-order chi connectivity index (χ0) is 14.8. The molecule has 0 saturated heterocycles. The highest BCUT2D eigenvalue weighted by atomic mass is 35.5. The van der Waals surface area contributed by atoms with Gasteiger partial charge in [0, 0.05) is 16.1 Å². The van der Waals surface area contributed by atoms with Gasteiger partial charge in [0.2, 0.25) is 0 Å². The molecule has 112 valence electrons. The lowest BCUT2D eigenvalue weighted by molar-refractivity contribution is 0.181. The van der Waals surface area contributed by atoms with Crippen molar-refractivity contribution >= 4 is 23.2 Å². The van der Waals surface area contributed by atoms with Gasteiger partial charge in [0.05, 0.1) is 0 Å². The minimum atomic E-state index is 0.170. The van der Waals surface area contributed by atoms with Crippen LogP contribution in [0.2, 0.25) is 10.0 Å². The van der Waals surface area contributed by atoms with Crippen molar-refractivity contribution in [1.82, 2.24) is 0 Å². The Balaban J connectivity index is 2.16. The number of hydrogen-bond donors (Lipinski definition) is 1. The number of rotatable bonds is 5. The summed E-state index contributed by atoms with van der Waals surface area (Å²) in [6, 6.07) is 5.83. The molecule has 1 aromatic rings. The molecule has 0 bridgehead atoms. The molecule has 1 unspecified atom stereocenters. The molecule has 0 amide bonds. The van der Waals surface area contributed by atoms with Crippen molar-refractivity contribution in [2.45, 2.75) is 58.4 Å². The van der Waals surface area contributed by atoms with Crippen molar-refractivity contribution in [2.24, 2.45) is 17.1 Å². The molecule has 0 aromatic heterocycles. The molecule has 1 aliphatic rings. The van der Waals surface area contributed by atoms with Crippen LogP contribution in [0.1, 0.15) is 51.5 Å². The standard InChI is InChI=1S/C17H25Cl2N/c1-12(2)11-17(7-3-4-8-17)16(20)10-13-9-14(18)5-6-15(13)19/h5-6,9,12,16H,3-4,7-8,10-11,20H2,1-2H3. The molecular formula is C17H25Cl2N. The number of benzene rings is 1. The molecule has 1 aromatic carbocycles. The number of halogens is 2. The Morgan fingerprint density at radius 2 is 1.85 bits per heavy atom. The SMILES string of the molecule is CC(C)CC1(C(N)Cc2cc(Cl)ccc2Cl)CCCC1. The van der Waals surface area contributed by atoms with Crippen molar-refractivity contribution in [3.05, 3.63) is 33.8 Å². The lowest BCUT2D eigenvalue weighted by atomic mass is 9.71. The first kappa shape index (κ1) is 16.1. The maximum Gasteiger partial charge on any atom is 0.0439 e. The van der Waals surface area contributed by atoms with E-state index in [1.54, 1.807) is 0 Å². The predicted octanol–water partition coefficient (Wildman–Crippen LogP) is 5.47. The molecule has 20 heavy (non-hydrogen) atoms. The van der Waals surface area contributed by atoms with Gasteiger partial charge in [0.1, 0.15) is 0 Å². The Hall–Kier alpha value is -0.240. The normalized spacial score (nSPS) is 19.5. The van der Waals surface area contributed by atoms with E-state index in [2.05, 4.69) is 13.8 Å². The largest absolute Gasteiger partial charge is 0.327 e. The summed E-state index contributed by atoms with van der Waals surface area (Å²) >= 11 is 12.4. The van der Waals surface area contributed by atoms with Gasteiger partial charge in [-0.2, -0.15) is 0 Å². The number of hydrogen-bond acceptors (Lipinski definition) is 1. The van der Waals surface area contributed by atoms with Crippen LogP contribution in [0, 0.1) is 11.3 Å². The molecule has 0 radical (unpaired) electrons. The Morgan fingerprint density at radius 3 is 2.45 bits per heavy atom. The lowest BCUT2D eigenvalue weighted by Gasteiger charge is -2.37. The van der Waals surface area contributed by atoms with Gasteiger partial charge < -0.3 is 5.73 Å². The van der Waals surface area contributed by atoms with E-state index < -0.39 is 0 Å². The van der Waals surface area contributed by atoms with Crippen LogP contribution in [-0.4, -0.2) is 6.04 Å². The Morgan fingerprint density at radius 1 is 1.20 bits per heavy atom. The first-order valence-corrected chi connectivity index (χ1v) is 8.38. The van der Waals surface area contributed by atoms with E-state index in [1.165, 1.54) is 32.1 Å². The van der Waals surface area contributed by atoms with E-state index >= 15 is 0 Å². The van der Waals surface area contributed by atoms with Gasteiger partial charge in [-0.15, -0.1) is 0 Å². The maximum atomic E-state index is 6.61. The molecule has 1 atom stereocenters. The third-order valence-corrected chi connectivity index (χ3v) is 5.25. The van der Waals surface area contributed by atoms with Crippen molar-refractivity contribution in [1.29, 1.82) is 0 Å². The predicted molar refractivity (Wildman–Crippen MR) is 88.5 cm³/mol. The highest BCUT2D eigenvalue weighted by Gasteiger charge is 2.39.